The minimum atomic E-state index is -4.19. The number of benzene rings is 2. The predicted octanol–water partition coefficient (Wildman–Crippen LogP) is 3.60. The topological polar surface area (TPSA) is 208 Å². The van der Waals surface area contributed by atoms with Crippen LogP contribution in [0.2, 0.25) is 0 Å². The number of hydrogen-bond donors (Lipinski definition) is 1. The molecule has 0 radical (unpaired) electrons. The summed E-state index contributed by atoms with van der Waals surface area (Å²) in [6.45, 7) is 0. The molecule has 2 atom stereocenters. The van der Waals surface area contributed by atoms with Crippen LogP contribution in [-0.4, -0.2) is 46.2 Å². The van der Waals surface area contributed by atoms with Gasteiger partial charge in [0.25, 0.3) is 0 Å². The van der Waals surface area contributed by atoms with Crippen molar-refractivity contribution >= 4 is 21.5 Å². The molecule has 38 heavy (non-hydrogen) atoms. The molecular formula is C25H29N3O8PtS+4. The van der Waals surface area contributed by atoms with E-state index in [1.807, 2.05) is 0 Å². The minimum Gasteiger partial charge on any atom is -0.676 e. The summed E-state index contributed by atoms with van der Waals surface area (Å²) in [4.78, 5) is 19.8. The molecular weight excluding hydrogens is 697 g/mol. The number of phenolic OH excluding ortho intramolecular Hbond substituents is 1. The van der Waals surface area contributed by atoms with Crippen LogP contribution in [0.15, 0.2) is 83.3 Å². The van der Waals surface area contributed by atoms with Gasteiger partial charge in [0.15, 0.2) is 10.7 Å². The van der Waals surface area contributed by atoms with Gasteiger partial charge in [0.1, 0.15) is 15.9 Å². The molecule has 0 spiro atoms. The van der Waals surface area contributed by atoms with Crippen LogP contribution >= 0.6 is 0 Å². The Morgan fingerprint density at radius 2 is 1.42 bits per heavy atom. The normalized spacial score (nSPS) is 18.2. The number of carbonyl (C=O) groups is 1. The van der Waals surface area contributed by atoms with E-state index in [1.54, 1.807) is 42.5 Å². The van der Waals surface area contributed by atoms with Crippen LogP contribution in [0, 0.1) is 10.1 Å². The monoisotopic (exact) mass is 726 g/mol. The van der Waals surface area contributed by atoms with Crippen LogP contribution in [0.1, 0.15) is 36.8 Å². The summed E-state index contributed by atoms with van der Waals surface area (Å²) >= 11 is 0. The van der Waals surface area contributed by atoms with Crippen LogP contribution in [-0.2, 0) is 36.0 Å². The van der Waals surface area contributed by atoms with E-state index in [9.17, 15) is 18.3 Å². The molecule has 2 aromatic carbocycles. The van der Waals surface area contributed by atoms with Crippen molar-refractivity contribution < 1.29 is 54.2 Å². The van der Waals surface area contributed by atoms with Crippen molar-refractivity contribution in [2.75, 3.05) is 0 Å². The average molecular weight is 727 g/mol. The molecule has 1 saturated carbocycles. The maximum absolute atomic E-state index is 11.9. The number of nitrogens with one attached hydrogen (secondary N) is 2. The maximum Gasteiger partial charge on any atom is 4.00 e. The van der Waals surface area contributed by atoms with Crippen molar-refractivity contribution in [3.63, 3.8) is 0 Å². The third-order valence-electron chi connectivity index (χ3n) is 5.51. The second-order valence-electron chi connectivity index (χ2n) is 8.20. The van der Waals surface area contributed by atoms with E-state index < -0.39 is 15.2 Å². The second kappa shape index (κ2) is 15.3. The second-order valence-corrected chi connectivity index (χ2v) is 9.65. The molecule has 0 aromatic heterocycles. The Hall–Kier alpha value is -3.15. The summed E-state index contributed by atoms with van der Waals surface area (Å²) in [7, 11) is -4.19. The molecule has 2 aliphatic carbocycles. The van der Waals surface area contributed by atoms with E-state index in [-0.39, 0.29) is 49.6 Å². The number of carbonyl (C=O) groups excluding carboxylic acids is 1. The molecule has 13 heteroatoms. The Kier molecular flexibility index (Phi) is 13.2. The Balaban J connectivity index is 0.000000462. The molecule has 2 aliphatic rings. The molecule has 0 bridgehead atoms. The molecule has 2 unspecified atom stereocenters. The van der Waals surface area contributed by atoms with Gasteiger partial charge >= 0.3 is 36.3 Å². The Bertz CT molecular complexity index is 1280. The van der Waals surface area contributed by atoms with Crippen molar-refractivity contribution in [1.29, 1.82) is 0 Å². The minimum absolute atomic E-state index is 0. The van der Waals surface area contributed by atoms with Crippen molar-refractivity contribution in [2.24, 2.45) is 0 Å². The average Bonchev–Trinajstić information content (AvgIpc) is 2.83. The number of allylic oxidation sites excluding steroid dienone is 5. The molecule has 7 N–H and O–H groups in total. The fraction of sp³-hybridized carbons (Fsp3) is 0.240. The fourth-order valence-corrected chi connectivity index (χ4v) is 4.48. The van der Waals surface area contributed by atoms with Gasteiger partial charge in [-0.1, -0.05) is 68.2 Å². The molecule has 0 amide bonds. The van der Waals surface area contributed by atoms with E-state index >= 15 is 0 Å². The zero-order valence-electron chi connectivity index (χ0n) is 20.1. The van der Waals surface area contributed by atoms with Crippen molar-refractivity contribution in [1.82, 2.24) is 0 Å². The van der Waals surface area contributed by atoms with Crippen LogP contribution < -0.4 is 0 Å². The summed E-state index contributed by atoms with van der Waals surface area (Å²) in [6.07, 6.45) is 10.3. The van der Waals surface area contributed by atoms with Gasteiger partial charge in [-0.25, -0.2) is 0 Å². The molecule has 11 nitrogen and oxygen atoms in total. The zero-order chi connectivity index (χ0) is 27.6. The van der Waals surface area contributed by atoms with E-state index in [4.69, 9.17) is 31.3 Å². The van der Waals surface area contributed by atoms with Gasteiger partial charge in [-0.15, -0.1) is 8.42 Å². The van der Waals surface area contributed by atoms with Crippen molar-refractivity contribution in [3.05, 3.63) is 111 Å². The largest absolute Gasteiger partial charge is 4.00 e. The third kappa shape index (κ3) is 10.3. The molecule has 204 valence electrons. The Morgan fingerprint density at radius 3 is 1.87 bits per heavy atom. The van der Waals surface area contributed by atoms with Gasteiger partial charge in [0.2, 0.25) is 0 Å². The quantitative estimate of drug-likeness (QED) is 0.284. The predicted molar refractivity (Wildman–Crippen MR) is 140 cm³/mol. The van der Waals surface area contributed by atoms with Gasteiger partial charge in [0.05, 0.1) is 0 Å². The Morgan fingerprint density at radius 1 is 0.947 bits per heavy atom. The standard InChI is InChI=1S/C19H14O5S.C6H12N2.HNO3.Pt/c20-15-9-5-13(6-10-15)19(14-7-11-16(21)12-8-14)17-3-1-2-4-18(17)25(22,23)24;7-5-3-1-2-4-6(5)8;2-1(3)4;/h1-12,20H,(H,22,23,24);5-8H,1-4H2;(H,2,3,4);/q;-2;;+4/p+2. The molecule has 2 aromatic rings. The van der Waals surface area contributed by atoms with Crippen LogP contribution in [0.25, 0.3) is 17.0 Å². The number of phenols is 1. The number of rotatable bonds is 3. The van der Waals surface area contributed by atoms with Crippen LogP contribution in [0.4, 0.5) is 0 Å². The number of nitrogens with zero attached hydrogens (tertiary/aromatic N) is 1. The Labute approximate surface area is 234 Å². The summed E-state index contributed by atoms with van der Waals surface area (Å²) < 4.78 is 31.3. The first-order valence-corrected chi connectivity index (χ1v) is 12.7. The number of ketones is 1. The zero-order valence-corrected chi connectivity index (χ0v) is 23.2. The molecule has 4 rings (SSSR count). The summed E-state index contributed by atoms with van der Waals surface area (Å²) in [6, 6.07) is 12.4. The van der Waals surface area contributed by atoms with Gasteiger partial charge in [-0.3, -0.25) is 4.79 Å². The third-order valence-corrected chi connectivity index (χ3v) is 6.45. The smallest absolute Gasteiger partial charge is 0.676 e. The first-order valence-electron chi connectivity index (χ1n) is 11.2. The first-order chi connectivity index (χ1) is 17.4. The van der Waals surface area contributed by atoms with Crippen LogP contribution in [0.5, 0.6) is 5.75 Å². The summed E-state index contributed by atoms with van der Waals surface area (Å²) in [5.74, 6) is -0.0744. The van der Waals surface area contributed by atoms with E-state index in [2.05, 4.69) is 0 Å². The van der Waals surface area contributed by atoms with Crippen LogP contribution in [0.3, 0.4) is 0 Å². The summed E-state index contributed by atoms with van der Waals surface area (Å²) in [5, 5.41) is 22.1. The molecule has 1 fully saturated rings. The maximum atomic E-state index is 11.9. The van der Waals surface area contributed by atoms with Gasteiger partial charge in [-0.05, 0) is 47.1 Å². The van der Waals surface area contributed by atoms with E-state index in [0.29, 0.717) is 22.3 Å². The van der Waals surface area contributed by atoms with E-state index in [1.165, 1.54) is 43.2 Å². The summed E-state index contributed by atoms with van der Waals surface area (Å²) in [5.41, 5.74) is 16.8. The fourth-order valence-electron chi connectivity index (χ4n) is 3.77. The molecule has 0 heterocycles. The van der Waals surface area contributed by atoms with Gasteiger partial charge in [-0.2, -0.15) is 12.1 Å². The number of aromatic hydroxyl groups is 1. The van der Waals surface area contributed by atoms with Gasteiger partial charge in [0, 0.05) is 5.56 Å². The molecule has 0 saturated heterocycles. The van der Waals surface area contributed by atoms with E-state index in [0.717, 1.165) is 12.8 Å². The number of hydrogen-bond acceptors (Lipinski definition) is 6. The SMILES string of the molecule is O=C1C=CC(=C(c2ccc(O)cc2)c2ccccc2S(=O)(=O)[OH2+])C=C1.O=[N+]([O-])[OH2+].[NH-]C1CCCCC1[NH-].[Pt+4]. The van der Waals surface area contributed by atoms with Crippen molar-refractivity contribution in [3.8, 4) is 5.75 Å². The molecule has 0 aliphatic heterocycles. The van der Waals surface area contributed by atoms with Gasteiger partial charge < -0.3 is 26.3 Å². The van der Waals surface area contributed by atoms with Crippen molar-refractivity contribution in [2.45, 2.75) is 42.7 Å². The first kappa shape index (κ1) is 32.9.